The first-order valence-electron chi connectivity index (χ1n) is 8.51. The molecule has 1 aliphatic heterocycles. The molecule has 0 unspecified atom stereocenters. The Hall–Kier alpha value is -2.25. The van der Waals surface area contributed by atoms with E-state index in [1.165, 1.54) is 0 Å². The third-order valence-electron chi connectivity index (χ3n) is 4.62. The molecule has 2 aromatic rings. The minimum absolute atomic E-state index is 0.103. The Morgan fingerprint density at radius 1 is 1.29 bits per heavy atom. The van der Waals surface area contributed by atoms with Gasteiger partial charge >= 0.3 is 0 Å². The van der Waals surface area contributed by atoms with Crippen LogP contribution in [0.15, 0.2) is 6.33 Å². The van der Waals surface area contributed by atoms with Crippen LogP contribution >= 0.6 is 0 Å². The molecule has 3 rings (SSSR count). The number of aryl methyl sites for hydroxylation is 2. The number of rotatable bonds is 4. The molecule has 0 bridgehead atoms. The number of aromatic nitrogens is 6. The molecule has 0 atom stereocenters. The van der Waals surface area contributed by atoms with Crippen LogP contribution < -0.4 is 0 Å². The van der Waals surface area contributed by atoms with Gasteiger partial charge in [0.25, 0.3) is 0 Å². The van der Waals surface area contributed by atoms with Crippen LogP contribution in [-0.4, -0.2) is 53.4 Å². The lowest BCUT2D eigenvalue weighted by Gasteiger charge is -2.32. The second-order valence-electron chi connectivity index (χ2n) is 6.71. The molecule has 1 saturated heterocycles. The average Bonchev–Trinajstić information content (AvgIpc) is 3.14. The molecule has 1 amide bonds. The summed E-state index contributed by atoms with van der Waals surface area (Å²) in [5.41, 5.74) is 0. The van der Waals surface area contributed by atoms with Crippen molar-refractivity contribution in [1.82, 2.24) is 34.4 Å². The van der Waals surface area contributed by atoms with Crippen molar-refractivity contribution in [2.45, 2.75) is 59.0 Å². The van der Waals surface area contributed by atoms with Crippen LogP contribution in [0, 0.1) is 13.8 Å². The second kappa shape index (κ2) is 6.70. The van der Waals surface area contributed by atoms with Gasteiger partial charge in [-0.25, -0.2) is 9.67 Å². The quantitative estimate of drug-likeness (QED) is 0.847. The number of carbonyl (C=O) groups excluding carboxylic acids is 1. The zero-order valence-corrected chi connectivity index (χ0v) is 14.8. The molecular formula is C16H25N7O. The van der Waals surface area contributed by atoms with Crippen molar-refractivity contribution in [3.05, 3.63) is 23.8 Å². The van der Waals surface area contributed by atoms with Gasteiger partial charge in [0.15, 0.2) is 0 Å². The highest BCUT2D eigenvalue weighted by molar-refractivity contribution is 5.76. The van der Waals surface area contributed by atoms with Gasteiger partial charge in [0.2, 0.25) is 5.91 Å². The summed E-state index contributed by atoms with van der Waals surface area (Å²) in [5.74, 6) is 2.99. The largest absolute Gasteiger partial charge is 0.341 e. The van der Waals surface area contributed by atoms with E-state index in [1.54, 1.807) is 11.0 Å². The van der Waals surface area contributed by atoms with Crippen molar-refractivity contribution in [3.8, 4) is 0 Å². The highest BCUT2D eigenvalue weighted by Crippen LogP contribution is 2.28. The molecule has 1 fully saturated rings. The van der Waals surface area contributed by atoms with E-state index in [0.717, 1.165) is 37.6 Å². The summed E-state index contributed by atoms with van der Waals surface area (Å²) in [6.45, 7) is 9.74. The summed E-state index contributed by atoms with van der Waals surface area (Å²) >= 11 is 0. The number of hydrogen-bond donors (Lipinski definition) is 0. The molecule has 8 heteroatoms. The van der Waals surface area contributed by atoms with E-state index in [0.29, 0.717) is 17.8 Å². The summed E-state index contributed by atoms with van der Waals surface area (Å²) in [7, 11) is 0. The van der Waals surface area contributed by atoms with Gasteiger partial charge in [-0.3, -0.25) is 4.79 Å². The third kappa shape index (κ3) is 3.32. The molecule has 130 valence electrons. The van der Waals surface area contributed by atoms with Gasteiger partial charge in [0.1, 0.15) is 30.3 Å². The number of carbonyl (C=O) groups is 1. The summed E-state index contributed by atoms with van der Waals surface area (Å²) in [4.78, 5) is 18.7. The van der Waals surface area contributed by atoms with Crippen molar-refractivity contribution in [2.24, 2.45) is 0 Å². The van der Waals surface area contributed by atoms with Crippen LogP contribution in [-0.2, 0) is 11.3 Å². The monoisotopic (exact) mass is 331 g/mol. The van der Waals surface area contributed by atoms with E-state index in [4.69, 9.17) is 0 Å². The summed E-state index contributed by atoms with van der Waals surface area (Å²) in [5, 5.41) is 12.6. The Morgan fingerprint density at radius 3 is 2.58 bits per heavy atom. The van der Waals surface area contributed by atoms with Crippen molar-refractivity contribution >= 4 is 5.91 Å². The highest BCUT2D eigenvalue weighted by Gasteiger charge is 2.27. The predicted octanol–water partition coefficient (Wildman–Crippen LogP) is 1.47. The van der Waals surface area contributed by atoms with E-state index in [9.17, 15) is 4.79 Å². The number of likely N-dealkylation sites (tertiary alicyclic amines) is 1. The molecular weight excluding hydrogens is 306 g/mol. The minimum Gasteiger partial charge on any atom is -0.341 e. The maximum absolute atomic E-state index is 12.5. The first-order chi connectivity index (χ1) is 11.5. The van der Waals surface area contributed by atoms with E-state index in [1.807, 2.05) is 18.7 Å². The zero-order chi connectivity index (χ0) is 17.3. The van der Waals surface area contributed by atoms with Crippen molar-refractivity contribution < 1.29 is 4.79 Å². The van der Waals surface area contributed by atoms with E-state index in [-0.39, 0.29) is 12.5 Å². The topological polar surface area (TPSA) is 81.7 Å². The molecule has 0 spiro atoms. The first kappa shape index (κ1) is 16.6. The maximum atomic E-state index is 12.5. The molecule has 24 heavy (non-hydrogen) atoms. The van der Waals surface area contributed by atoms with Crippen molar-refractivity contribution in [1.29, 1.82) is 0 Å². The lowest BCUT2D eigenvalue weighted by Crippen LogP contribution is -2.40. The smallest absolute Gasteiger partial charge is 0.244 e. The van der Waals surface area contributed by atoms with Gasteiger partial charge in [-0.2, -0.15) is 5.10 Å². The Morgan fingerprint density at radius 2 is 2.00 bits per heavy atom. The van der Waals surface area contributed by atoms with Crippen LogP contribution in [0.25, 0.3) is 0 Å². The predicted molar refractivity (Wildman–Crippen MR) is 88.5 cm³/mol. The van der Waals surface area contributed by atoms with Crippen molar-refractivity contribution in [3.63, 3.8) is 0 Å². The molecule has 0 radical (unpaired) electrons. The Kier molecular flexibility index (Phi) is 4.64. The Labute approximate surface area is 141 Å². The fourth-order valence-corrected chi connectivity index (χ4v) is 3.27. The molecule has 2 aromatic heterocycles. The molecule has 0 saturated carbocycles. The summed E-state index contributed by atoms with van der Waals surface area (Å²) in [6.07, 6.45) is 3.65. The molecule has 0 aromatic carbocycles. The number of amides is 1. The SMILES string of the molecule is Cc1nc(C)n(CC(=O)N2CCC(c3nncn3C(C)C)CC2)n1. The van der Waals surface area contributed by atoms with Gasteiger partial charge in [-0.1, -0.05) is 0 Å². The minimum atomic E-state index is 0.103. The van der Waals surface area contributed by atoms with Gasteiger partial charge < -0.3 is 9.47 Å². The summed E-state index contributed by atoms with van der Waals surface area (Å²) < 4.78 is 3.81. The molecule has 8 nitrogen and oxygen atoms in total. The van der Waals surface area contributed by atoms with E-state index < -0.39 is 0 Å². The van der Waals surface area contributed by atoms with Crippen LogP contribution in [0.2, 0.25) is 0 Å². The number of piperidine rings is 1. The van der Waals surface area contributed by atoms with Crippen LogP contribution in [0.5, 0.6) is 0 Å². The average molecular weight is 331 g/mol. The third-order valence-corrected chi connectivity index (χ3v) is 4.62. The number of hydrogen-bond acceptors (Lipinski definition) is 5. The number of nitrogens with zero attached hydrogens (tertiary/aromatic N) is 7. The Bertz CT molecular complexity index is 710. The zero-order valence-electron chi connectivity index (χ0n) is 14.8. The van der Waals surface area contributed by atoms with Gasteiger partial charge in [0, 0.05) is 25.0 Å². The van der Waals surface area contributed by atoms with Crippen molar-refractivity contribution in [2.75, 3.05) is 13.1 Å². The lowest BCUT2D eigenvalue weighted by molar-refractivity contribution is -0.133. The first-order valence-corrected chi connectivity index (χ1v) is 8.51. The van der Waals surface area contributed by atoms with Gasteiger partial charge in [0.05, 0.1) is 0 Å². The fraction of sp³-hybridized carbons (Fsp3) is 0.688. The van der Waals surface area contributed by atoms with Crippen LogP contribution in [0.1, 0.15) is 56.1 Å². The Balaban J connectivity index is 1.59. The fourth-order valence-electron chi connectivity index (χ4n) is 3.27. The molecule has 0 aliphatic carbocycles. The van der Waals surface area contributed by atoms with Gasteiger partial charge in [-0.15, -0.1) is 10.2 Å². The van der Waals surface area contributed by atoms with Crippen LogP contribution in [0.3, 0.4) is 0 Å². The lowest BCUT2D eigenvalue weighted by atomic mass is 9.95. The molecule has 1 aliphatic rings. The van der Waals surface area contributed by atoms with E-state index in [2.05, 4.69) is 38.7 Å². The molecule has 0 N–H and O–H groups in total. The normalized spacial score (nSPS) is 16.1. The summed E-state index contributed by atoms with van der Waals surface area (Å²) in [6, 6.07) is 0.355. The van der Waals surface area contributed by atoms with Gasteiger partial charge in [-0.05, 0) is 40.5 Å². The highest BCUT2D eigenvalue weighted by atomic mass is 16.2. The van der Waals surface area contributed by atoms with E-state index >= 15 is 0 Å². The maximum Gasteiger partial charge on any atom is 0.244 e. The second-order valence-corrected chi connectivity index (χ2v) is 6.71. The standard InChI is InChI=1S/C16H25N7O/c1-11(2)22-10-17-19-16(22)14-5-7-21(8-6-14)15(24)9-23-13(4)18-12(3)20-23/h10-11,14H,5-9H2,1-4H3. The van der Waals surface area contributed by atoms with Crippen LogP contribution in [0.4, 0.5) is 0 Å². The molecule has 3 heterocycles.